The minimum Gasteiger partial charge on any atom is -0.375 e. The van der Waals surface area contributed by atoms with E-state index < -0.39 is 0 Å². The van der Waals surface area contributed by atoms with E-state index in [0.717, 1.165) is 11.0 Å². The van der Waals surface area contributed by atoms with Crippen LogP contribution in [0.2, 0.25) is 0 Å². The molecule has 2 nitrogen and oxygen atoms in total. The number of nitrogens with two attached hydrogens (primary N) is 1. The Morgan fingerprint density at radius 3 is 2.60 bits per heavy atom. The van der Waals surface area contributed by atoms with Crippen LogP contribution in [-0.4, -0.2) is 4.98 Å². The Balaban J connectivity index is 2.26. The quantitative estimate of drug-likeness (QED) is 0.852. The fourth-order valence-corrected chi connectivity index (χ4v) is 3.62. The molecule has 0 bridgehead atoms. The SMILES string of the molecule is CC(C)CC1(c2csc(N)n2)CCCC1. The molecule has 1 heterocycles. The topological polar surface area (TPSA) is 38.9 Å². The van der Waals surface area contributed by atoms with Crippen LogP contribution in [0.15, 0.2) is 5.38 Å². The summed E-state index contributed by atoms with van der Waals surface area (Å²) in [7, 11) is 0. The van der Waals surface area contributed by atoms with Crippen molar-refractivity contribution in [1.82, 2.24) is 4.98 Å². The van der Waals surface area contributed by atoms with E-state index in [1.165, 1.54) is 37.8 Å². The molecule has 84 valence electrons. The molecule has 1 saturated carbocycles. The van der Waals surface area contributed by atoms with Gasteiger partial charge in [-0.25, -0.2) is 4.98 Å². The minimum absolute atomic E-state index is 0.349. The third-order valence-corrected chi connectivity index (χ3v) is 4.10. The summed E-state index contributed by atoms with van der Waals surface area (Å²) in [6.45, 7) is 4.60. The van der Waals surface area contributed by atoms with Gasteiger partial charge in [-0.1, -0.05) is 26.7 Å². The van der Waals surface area contributed by atoms with Gasteiger partial charge in [0.15, 0.2) is 5.13 Å². The van der Waals surface area contributed by atoms with Crippen molar-refractivity contribution in [2.24, 2.45) is 5.92 Å². The lowest BCUT2D eigenvalue weighted by Gasteiger charge is -2.29. The molecule has 15 heavy (non-hydrogen) atoms. The number of hydrogen-bond acceptors (Lipinski definition) is 3. The van der Waals surface area contributed by atoms with Gasteiger partial charge in [-0.2, -0.15) is 0 Å². The zero-order valence-electron chi connectivity index (χ0n) is 9.62. The van der Waals surface area contributed by atoms with E-state index in [0.29, 0.717) is 5.41 Å². The lowest BCUT2D eigenvalue weighted by molar-refractivity contribution is 0.340. The largest absolute Gasteiger partial charge is 0.375 e. The van der Waals surface area contributed by atoms with Crippen LogP contribution in [0, 0.1) is 5.92 Å². The monoisotopic (exact) mass is 224 g/mol. The molecule has 0 unspecified atom stereocenters. The fourth-order valence-electron chi connectivity index (χ4n) is 2.93. The molecule has 0 saturated heterocycles. The Labute approximate surface area is 95.9 Å². The van der Waals surface area contributed by atoms with Crippen LogP contribution in [0.3, 0.4) is 0 Å². The van der Waals surface area contributed by atoms with Crippen LogP contribution in [0.5, 0.6) is 0 Å². The molecule has 0 radical (unpaired) electrons. The first-order valence-electron chi connectivity index (χ1n) is 5.84. The smallest absolute Gasteiger partial charge is 0.180 e. The number of thiazole rings is 1. The standard InChI is InChI=1S/C12H20N2S/c1-9(2)7-12(5-3-4-6-12)10-8-15-11(13)14-10/h8-9H,3-7H2,1-2H3,(H2,13,14). The zero-order valence-corrected chi connectivity index (χ0v) is 10.4. The molecule has 3 heteroatoms. The van der Waals surface area contributed by atoms with Crippen LogP contribution in [0.25, 0.3) is 0 Å². The highest BCUT2D eigenvalue weighted by atomic mass is 32.1. The average Bonchev–Trinajstić information content (AvgIpc) is 2.73. The van der Waals surface area contributed by atoms with Gasteiger partial charge in [0.25, 0.3) is 0 Å². The highest BCUT2D eigenvalue weighted by molar-refractivity contribution is 7.13. The molecule has 2 rings (SSSR count). The van der Waals surface area contributed by atoms with E-state index in [1.807, 2.05) is 0 Å². The maximum Gasteiger partial charge on any atom is 0.180 e. The van der Waals surface area contributed by atoms with Gasteiger partial charge in [0.05, 0.1) is 5.69 Å². The van der Waals surface area contributed by atoms with E-state index in [4.69, 9.17) is 5.73 Å². The Bertz CT molecular complexity index is 324. The van der Waals surface area contributed by atoms with Gasteiger partial charge in [0.2, 0.25) is 0 Å². The minimum atomic E-state index is 0.349. The molecule has 0 aliphatic heterocycles. The van der Waals surface area contributed by atoms with Crippen molar-refractivity contribution in [2.75, 3.05) is 5.73 Å². The van der Waals surface area contributed by atoms with E-state index >= 15 is 0 Å². The van der Waals surface area contributed by atoms with Gasteiger partial charge in [-0.05, 0) is 25.2 Å². The summed E-state index contributed by atoms with van der Waals surface area (Å²) in [5, 5.41) is 2.89. The normalized spacial score (nSPS) is 19.9. The number of nitrogens with zero attached hydrogens (tertiary/aromatic N) is 1. The number of rotatable bonds is 3. The molecule has 1 aromatic rings. The highest BCUT2D eigenvalue weighted by Gasteiger charge is 2.37. The first-order chi connectivity index (χ1) is 7.12. The van der Waals surface area contributed by atoms with Crippen molar-refractivity contribution in [3.05, 3.63) is 11.1 Å². The lowest BCUT2D eigenvalue weighted by atomic mass is 9.76. The van der Waals surface area contributed by atoms with Crippen LogP contribution >= 0.6 is 11.3 Å². The average molecular weight is 224 g/mol. The van der Waals surface area contributed by atoms with Gasteiger partial charge >= 0.3 is 0 Å². The first-order valence-corrected chi connectivity index (χ1v) is 6.72. The lowest BCUT2D eigenvalue weighted by Crippen LogP contribution is -2.24. The molecular weight excluding hydrogens is 204 g/mol. The highest BCUT2D eigenvalue weighted by Crippen LogP contribution is 2.45. The molecule has 0 spiro atoms. The molecule has 0 aromatic carbocycles. The van der Waals surface area contributed by atoms with Gasteiger partial charge < -0.3 is 5.73 Å². The van der Waals surface area contributed by atoms with Crippen LogP contribution in [-0.2, 0) is 5.41 Å². The second-order valence-electron chi connectivity index (χ2n) is 5.16. The summed E-state index contributed by atoms with van der Waals surface area (Å²) in [4.78, 5) is 4.51. The zero-order chi connectivity index (χ0) is 10.9. The summed E-state index contributed by atoms with van der Waals surface area (Å²) >= 11 is 1.58. The fraction of sp³-hybridized carbons (Fsp3) is 0.750. The molecule has 1 fully saturated rings. The molecular formula is C12H20N2S. The van der Waals surface area contributed by atoms with Gasteiger partial charge in [0, 0.05) is 10.8 Å². The van der Waals surface area contributed by atoms with E-state index in [2.05, 4.69) is 24.2 Å². The van der Waals surface area contributed by atoms with Crippen molar-refractivity contribution >= 4 is 16.5 Å². The van der Waals surface area contributed by atoms with Crippen molar-refractivity contribution in [3.8, 4) is 0 Å². The number of hydrogen-bond donors (Lipinski definition) is 1. The predicted octanol–water partition coefficient (Wildman–Crippen LogP) is 3.58. The summed E-state index contributed by atoms with van der Waals surface area (Å²) in [6, 6.07) is 0. The molecule has 2 N–H and O–H groups in total. The number of aromatic nitrogens is 1. The van der Waals surface area contributed by atoms with Crippen molar-refractivity contribution in [2.45, 2.75) is 51.4 Å². The van der Waals surface area contributed by atoms with Gasteiger partial charge in [0.1, 0.15) is 0 Å². The first kappa shape index (κ1) is 10.9. The Hall–Kier alpha value is -0.570. The Morgan fingerprint density at radius 1 is 1.47 bits per heavy atom. The summed E-state index contributed by atoms with van der Waals surface area (Å²) in [5.74, 6) is 0.742. The Kier molecular flexibility index (Phi) is 3.01. The molecule has 1 aliphatic rings. The summed E-state index contributed by atoms with van der Waals surface area (Å²) in [6.07, 6.45) is 6.56. The van der Waals surface area contributed by atoms with Crippen LogP contribution < -0.4 is 5.73 Å². The van der Waals surface area contributed by atoms with Gasteiger partial charge in [-0.15, -0.1) is 11.3 Å². The van der Waals surface area contributed by atoms with Gasteiger partial charge in [-0.3, -0.25) is 0 Å². The molecule has 1 aromatic heterocycles. The predicted molar refractivity (Wildman–Crippen MR) is 66.1 cm³/mol. The number of nitrogen functional groups attached to an aromatic ring is 1. The third kappa shape index (κ3) is 2.17. The van der Waals surface area contributed by atoms with E-state index in [-0.39, 0.29) is 0 Å². The van der Waals surface area contributed by atoms with Crippen molar-refractivity contribution in [1.29, 1.82) is 0 Å². The second kappa shape index (κ2) is 4.12. The second-order valence-corrected chi connectivity index (χ2v) is 6.05. The maximum atomic E-state index is 5.74. The Morgan fingerprint density at radius 2 is 2.13 bits per heavy atom. The van der Waals surface area contributed by atoms with Crippen LogP contribution in [0.4, 0.5) is 5.13 Å². The summed E-state index contributed by atoms with van der Waals surface area (Å²) < 4.78 is 0. The molecule has 0 amide bonds. The third-order valence-electron chi connectivity index (χ3n) is 3.42. The van der Waals surface area contributed by atoms with Crippen molar-refractivity contribution in [3.63, 3.8) is 0 Å². The number of anilines is 1. The van der Waals surface area contributed by atoms with Crippen molar-refractivity contribution < 1.29 is 0 Å². The van der Waals surface area contributed by atoms with E-state index in [1.54, 1.807) is 11.3 Å². The molecule has 1 aliphatic carbocycles. The van der Waals surface area contributed by atoms with Crippen LogP contribution in [0.1, 0.15) is 51.6 Å². The van der Waals surface area contributed by atoms with E-state index in [9.17, 15) is 0 Å². The maximum absolute atomic E-state index is 5.74. The molecule has 0 atom stereocenters. The summed E-state index contributed by atoms with van der Waals surface area (Å²) in [5.41, 5.74) is 7.35.